The van der Waals surface area contributed by atoms with Crippen LogP contribution in [-0.2, 0) is 9.47 Å². The van der Waals surface area contributed by atoms with Crippen LogP contribution in [-0.4, -0.2) is 62.7 Å². The summed E-state index contributed by atoms with van der Waals surface area (Å²) in [7, 11) is 3.74. The maximum atomic E-state index is 9.88. The largest absolute Gasteiger partial charge is 0.391 e. The zero-order chi connectivity index (χ0) is 11.8. The number of nitrogens with zero attached hydrogens (tertiary/aromatic N) is 1. The Bertz CT molecular complexity index is 178. The molecule has 0 aromatic carbocycles. The van der Waals surface area contributed by atoms with Crippen molar-refractivity contribution < 1.29 is 14.6 Å². The van der Waals surface area contributed by atoms with Crippen molar-refractivity contribution in [2.45, 2.75) is 37.8 Å². The third kappa shape index (κ3) is 4.78. The Balaban J connectivity index is 2.10. The molecule has 0 aliphatic heterocycles. The predicted molar refractivity (Wildman–Crippen MR) is 63.6 cm³/mol. The molecule has 1 fully saturated rings. The molecule has 16 heavy (non-hydrogen) atoms. The second-order valence-electron chi connectivity index (χ2n) is 4.50. The molecule has 4 heteroatoms. The fourth-order valence-electron chi connectivity index (χ4n) is 2.22. The summed E-state index contributed by atoms with van der Waals surface area (Å²) in [5.74, 6) is 0. The van der Waals surface area contributed by atoms with Gasteiger partial charge in [-0.1, -0.05) is 12.8 Å². The fraction of sp³-hybridized carbons (Fsp3) is 1.00. The molecule has 1 aliphatic rings. The summed E-state index contributed by atoms with van der Waals surface area (Å²) in [4.78, 5) is 2.22. The van der Waals surface area contributed by atoms with Gasteiger partial charge in [-0.25, -0.2) is 0 Å². The van der Waals surface area contributed by atoms with E-state index >= 15 is 0 Å². The van der Waals surface area contributed by atoms with Gasteiger partial charge in [-0.2, -0.15) is 0 Å². The standard InChI is InChI=1S/C12H25NO3/c1-13(7-8-16-10-9-15-2)11-5-3-4-6-12(11)14/h11-12,14H,3-10H2,1-2H3. The van der Waals surface area contributed by atoms with Crippen molar-refractivity contribution in [2.75, 3.05) is 40.5 Å². The van der Waals surface area contributed by atoms with Gasteiger partial charge in [0.25, 0.3) is 0 Å². The number of methoxy groups -OCH3 is 1. The number of ether oxygens (including phenoxy) is 2. The number of aliphatic hydroxyl groups is 1. The molecule has 2 unspecified atom stereocenters. The number of aliphatic hydroxyl groups excluding tert-OH is 1. The number of hydrogen-bond donors (Lipinski definition) is 1. The first kappa shape index (κ1) is 13.9. The van der Waals surface area contributed by atoms with Gasteiger partial charge in [0.2, 0.25) is 0 Å². The van der Waals surface area contributed by atoms with Crippen molar-refractivity contribution in [3.63, 3.8) is 0 Å². The Morgan fingerprint density at radius 2 is 1.94 bits per heavy atom. The van der Waals surface area contributed by atoms with Crippen LogP contribution in [0.4, 0.5) is 0 Å². The van der Waals surface area contributed by atoms with Gasteiger partial charge in [0.15, 0.2) is 0 Å². The lowest BCUT2D eigenvalue weighted by molar-refractivity contribution is 0.00999. The highest BCUT2D eigenvalue weighted by Crippen LogP contribution is 2.21. The molecule has 0 aromatic heterocycles. The summed E-state index contributed by atoms with van der Waals surface area (Å²) in [6, 6.07) is 0.319. The van der Waals surface area contributed by atoms with Crippen LogP contribution in [0.15, 0.2) is 0 Å². The third-order valence-electron chi connectivity index (χ3n) is 3.28. The summed E-state index contributed by atoms with van der Waals surface area (Å²) in [6.07, 6.45) is 4.29. The van der Waals surface area contributed by atoms with Crippen LogP contribution in [0.1, 0.15) is 25.7 Å². The molecule has 0 spiro atoms. The molecule has 1 N–H and O–H groups in total. The van der Waals surface area contributed by atoms with Crippen LogP contribution >= 0.6 is 0 Å². The van der Waals surface area contributed by atoms with Gasteiger partial charge in [-0.05, 0) is 19.9 Å². The van der Waals surface area contributed by atoms with Crippen molar-refractivity contribution in [1.29, 1.82) is 0 Å². The molecule has 96 valence electrons. The molecule has 1 rings (SSSR count). The van der Waals surface area contributed by atoms with E-state index in [1.807, 2.05) is 0 Å². The molecule has 0 radical (unpaired) electrons. The van der Waals surface area contributed by atoms with Crippen LogP contribution in [0.2, 0.25) is 0 Å². The highest BCUT2D eigenvalue weighted by Gasteiger charge is 2.25. The quantitative estimate of drug-likeness (QED) is 0.661. The molecule has 4 nitrogen and oxygen atoms in total. The van der Waals surface area contributed by atoms with E-state index in [0.717, 1.165) is 25.8 Å². The monoisotopic (exact) mass is 231 g/mol. The van der Waals surface area contributed by atoms with Gasteiger partial charge in [-0.3, -0.25) is 4.90 Å². The van der Waals surface area contributed by atoms with E-state index in [0.29, 0.717) is 25.9 Å². The molecule has 1 saturated carbocycles. The lowest BCUT2D eigenvalue weighted by atomic mass is 9.92. The first-order chi connectivity index (χ1) is 7.75. The van der Waals surface area contributed by atoms with Gasteiger partial charge in [0.05, 0.1) is 25.9 Å². The van der Waals surface area contributed by atoms with Crippen molar-refractivity contribution in [3.05, 3.63) is 0 Å². The van der Waals surface area contributed by atoms with Gasteiger partial charge < -0.3 is 14.6 Å². The first-order valence-electron chi connectivity index (χ1n) is 6.20. The van der Waals surface area contributed by atoms with Crippen LogP contribution in [0, 0.1) is 0 Å². The molecule has 0 aromatic rings. The second-order valence-corrected chi connectivity index (χ2v) is 4.50. The van der Waals surface area contributed by atoms with Crippen molar-refractivity contribution in [2.24, 2.45) is 0 Å². The average Bonchev–Trinajstić information content (AvgIpc) is 2.29. The molecular formula is C12H25NO3. The smallest absolute Gasteiger partial charge is 0.0700 e. The SMILES string of the molecule is COCCOCCN(C)C1CCCCC1O. The summed E-state index contributed by atoms with van der Waals surface area (Å²) >= 11 is 0. The van der Waals surface area contributed by atoms with Crippen molar-refractivity contribution in [1.82, 2.24) is 4.90 Å². The topological polar surface area (TPSA) is 41.9 Å². The molecule has 1 aliphatic carbocycles. The van der Waals surface area contributed by atoms with E-state index in [-0.39, 0.29) is 6.10 Å². The molecule has 0 heterocycles. The van der Waals surface area contributed by atoms with Crippen molar-refractivity contribution in [3.8, 4) is 0 Å². The predicted octanol–water partition coefficient (Wildman–Crippen LogP) is 0.885. The zero-order valence-corrected chi connectivity index (χ0v) is 10.5. The zero-order valence-electron chi connectivity index (χ0n) is 10.5. The second kappa shape index (κ2) is 8.01. The van der Waals surface area contributed by atoms with Crippen LogP contribution in [0.25, 0.3) is 0 Å². The van der Waals surface area contributed by atoms with E-state index in [9.17, 15) is 5.11 Å². The minimum absolute atomic E-state index is 0.155. The van der Waals surface area contributed by atoms with E-state index in [4.69, 9.17) is 9.47 Å². The molecular weight excluding hydrogens is 206 g/mol. The summed E-state index contributed by atoms with van der Waals surface area (Å²) in [5, 5.41) is 9.88. The Morgan fingerprint density at radius 1 is 1.19 bits per heavy atom. The normalized spacial score (nSPS) is 26.2. The highest BCUT2D eigenvalue weighted by atomic mass is 16.5. The maximum absolute atomic E-state index is 9.88. The van der Waals surface area contributed by atoms with E-state index < -0.39 is 0 Å². The number of likely N-dealkylation sites (N-methyl/N-ethyl adjacent to an activating group) is 1. The molecule has 0 bridgehead atoms. The summed E-state index contributed by atoms with van der Waals surface area (Å²) in [6.45, 7) is 2.89. The average molecular weight is 231 g/mol. The Morgan fingerprint density at radius 3 is 2.62 bits per heavy atom. The lowest BCUT2D eigenvalue weighted by Crippen LogP contribution is -2.44. The first-order valence-corrected chi connectivity index (χ1v) is 6.20. The molecule has 0 amide bonds. The van der Waals surface area contributed by atoms with Gasteiger partial charge in [0, 0.05) is 19.7 Å². The van der Waals surface area contributed by atoms with E-state index in [2.05, 4.69) is 11.9 Å². The van der Waals surface area contributed by atoms with E-state index in [1.165, 1.54) is 6.42 Å². The minimum atomic E-state index is -0.155. The summed E-state index contributed by atoms with van der Waals surface area (Å²) < 4.78 is 10.3. The Hall–Kier alpha value is -0.160. The lowest BCUT2D eigenvalue weighted by Gasteiger charge is -2.35. The van der Waals surface area contributed by atoms with Crippen LogP contribution < -0.4 is 0 Å². The highest BCUT2D eigenvalue weighted by molar-refractivity contribution is 4.81. The van der Waals surface area contributed by atoms with Crippen LogP contribution in [0.5, 0.6) is 0 Å². The Labute approximate surface area is 98.5 Å². The number of rotatable bonds is 7. The van der Waals surface area contributed by atoms with Gasteiger partial charge in [-0.15, -0.1) is 0 Å². The fourth-order valence-corrected chi connectivity index (χ4v) is 2.22. The van der Waals surface area contributed by atoms with Crippen molar-refractivity contribution >= 4 is 0 Å². The van der Waals surface area contributed by atoms with Gasteiger partial charge >= 0.3 is 0 Å². The molecule has 2 atom stereocenters. The maximum Gasteiger partial charge on any atom is 0.0700 e. The van der Waals surface area contributed by atoms with Crippen LogP contribution in [0.3, 0.4) is 0 Å². The molecule has 0 saturated heterocycles. The summed E-state index contributed by atoms with van der Waals surface area (Å²) in [5.41, 5.74) is 0. The van der Waals surface area contributed by atoms with E-state index in [1.54, 1.807) is 7.11 Å². The Kier molecular flexibility index (Phi) is 6.96. The number of hydrogen-bond acceptors (Lipinski definition) is 4. The van der Waals surface area contributed by atoms with Gasteiger partial charge in [0.1, 0.15) is 0 Å². The minimum Gasteiger partial charge on any atom is -0.391 e. The third-order valence-corrected chi connectivity index (χ3v) is 3.28.